The normalized spacial score (nSPS) is 11.9. The molecule has 0 radical (unpaired) electrons. The number of hydrogen-bond acceptors (Lipinski definition) is 3. The van der Waals surface area contributed by atoms with Gasteiger partial charge in [0.05, 0.1) is 22.2 Å². The molecule has 0 saturated carbocycles. The Kier molecular flexibility index (Phi) is 5.05. The summed E-state index contributed by atoms with van der Waals surface area (Å²) in [6.07, 6.45) is 0.0956. The van der Waals surface area contributed by atoms with E-state index in [1.54, 1.807) is 24.3 Å². The van der Waals surface area contributed by atoms with Gasteiger partial charge in [-0.2, -0.15) is 0 Å². The topological polar surface area (TPSA) is 72.2 Å². The number of para-hydroxylation sites is 2. The van der Waals surface area contributed by atoms with Crippen LogP contribution in [0.3, 0.4) is 0 Å². The maximum atomic E-state index is 12.8. The molecule has 0 aliphatic heterocycles. The minimum Gasteiger partial charge on any atom is -0.397 e. The number of anilines is 2. The number of nitrogen functional groups attached to an aromatic ring is 1. The van der Waals surface area contributed by atoms with Crippen molar-refractivity contribution in [2.75, 3.05) is 16.8 Å². The van der Waals surface area contributed by atoms with Gasteiger partial charge in [0.25, 0.3) is 0 Å². The van der Waals surface area contributed by atoms with Crippen LogP contribution in [-0.2, 0) is 15.6 Å². The van der Waals surface area contributed by atoms with Crippen LogP contribution >= 0.6 is 0 Å². The lowest BCUT2D eigenvalue weighted by molar-refractivity contribution is -0.115. The average molecular weight is 306 g/mol. The van der Waals surface area contributed by atoms with Crippen LogP contribution < -0.4 is 11.1 Å². The molecule has 2 rings (SSSR count). The van der Waals surface area contributed by atoms with Gasteiger partial charge in [-0.3, -0.25) is 9.00 Å². The second kappa shape index (κ2) is 6.99. The van der Waals surface area contributed by atoms with Crippen LogP contribution in [0.25, 0.3) is 0 Å². The highest BCUT2D eigenvalue weighted by atomic mass is 32.2. The van der Waals surface area contributed by atoms with Gasteiger partial charge in [0.1, 0.15) is 5.82 Å². The predicted molar refractivity (Wildman–Crippen MR) is 81.8 cm³/mol. The van der Waals surface area contributed by atoms with Crippen molar-refractivity contribution in [3.8, 4) is 0 Å². The predicted octanol–water partition coefficient (Wildman–Crippen LogP) is 2.54. The summed E-state index contributed by atoms with van der Waals surface area (Å²) in [5, 5.41) is 2.67. The molecule has 4 nitrogen and oxygen atoms in total. The van der Waals surface area contributed by atoms with Crippen molar-refractivity contribution in [3.05, 3.63) is 54.3 Å². The van der Waals surface area contributed by atoms with E-state index in [9.17, 15) is 13.4 Å². The van der Waals surface area contributed by atoms with Crippen LogP contribution in [0.1, 0.15) is 6.42 Å². The third-order valence-corrected chi connectivity index (χ3v) is 4.20. The van der Waals surface area contributed by atoms with E-state index in [2.05, 4.69) is 5.32 Å². The summed E-state index contributed by atoms with van der Waals surface area (Å²) in [5.41, 5.74) is 6.73. The molecule has 0 saturated heterocycles. The molecule has 21 heavy (non-hydrogen) atoms. The van der Waals surface area contributed by atoms with Gasteiger partial charge in [-0.15, -0.1) is 0 Å². The highest BCUT2D eigenvalue weighted by Gasteiger charge is 2.09. The number of nitrogens with one attached hydrogen (secondary N) is 1. The molecule has 2 aromatic carbocycles. The fraction of sp³-hybridized carbons (Fsp3) is 0.133. The van der Waals surface area contributed by atoms with Gasteiger partial charge < -0.3 is 11.1 Å². The minimum atomic E-state index is -1.33. The van der Waals surface area contributed by atoms with E-state index < -0.39 is 10.8 Å². The molecule has 3 N–H and O–H groups in total. The van der Waals surface area contributed by atoms with Gasteiger partial charge in [-0.25, -0.2) is 4.39 Å². The summed E-state index contributed by atoms with van der Waals surface area (Å²) in [6.45, 7) is 0. The van der Waals surface area contributed by atoms with Crippen molar-refractivity contribution in [2.24, 2.45) is 0 Å². The minimum absolute atomic E-state index is 0.0956. The van der Waals surface area contributed by atoms with E-state index in [-0.39, 0.29) is 23.9 Å². The highest BCUT2D eigenvalue weighted by Crippen LogP contribution is 2.17. The van der Waals surface area contributed by atoms with Gasteiger partial charge in [0.15, 0.2) is 0 Å². The molecule has 0 aromatic heterocycles. The molecule has 6 heteroatoms. The Bertz CT molecular complexity index is 659. The number of nitrogens with two attached hydrogens (primary N) is 1. The van der Waals surface area contributed by atoms with Crippen LogP contribution in [0, 0.1) is 5.82 Å². The Morgan fingerprint density at radius 2 is 1.81 bits per heavy atom. The summed E-state index contributed by atoms with van der Waals surface area (Å²) in [7, 11) is -1.33. The Labute approximate surface area is 124 Å². The number of hydrogen-bond donors (Lipinski definition) is 2. The van der Waals surface area contributed by atoms with E-state index >= 15 is 0 Å². The summed E-state index contributed by atoms with van der Waals surface area (Å²) >= 11 is 0. The fourth-order valence-electron chi connectivity index (χ4n) is 1.71. The van der Waals surface area contributed by atoms with E-state index in [1.165, 1.54) is 24.3 Å². The van der Waals surface area contributed by atoms with Gasteiger partial charge in [0, 0.05) is 17.1 Å². The molecule has 0 bridgehead atoms. The van der Waals surface area contributed by atoms with Gasteiger partial charge in [-0.05, 0) is 36.4 Å². The molecular weight excluding hydrogens is 291 g/mol. The fourth-order valence-corrected chi connectivity index (χ4v) is 2.76. The SMILES string of the molecule is Nc1ccccc1NC(=O)CCS(=O)c1ccc(F)cc1. The van der Waals surface area contributed by atoms with Crippen molar-refractivity contribution in [1.82, 2.24) is 0 Å². The summed E-state index contributed by atoms with van der Waals surface area (Å²) in [4.78, 5) is 12.3. The third-order valence-electron chi connectivity index (χ3n) is 2.83. The van der Waals surface area contributed by atoms with Crippen LogP contribution in [0.5, 0.6) is 0 Å². The maximum absolute atomic E-state index is 12.8. The Morgan fingerprint density at radius 1 is 1.14 bits per heavy atom. The monoisotopic (exact) mass is 306 g/mol. The van der Waals surface area contributed by atoms with Crippen molar-refractivity contribution in [2.45, 2.75) is 11.3 Å². The van der Waals surface area contributed by atoms with E-state index in [0.29, 0.717) is 16.3 Å². The number of carbonyl (C=O) groups is 1. The van der Waals surface area contributed by atoms with E-state index in [4.69, 9.17) is 5.73 Å². The molecule has 2 aromatic rings. The van der Waals surface area contributed by atoms with Crippen molar-refractivity contribution < 1.29 is 13.4 Å². The third kappa shape index (κ3) is 4.39. The number of benzene rings is 2. The molecule has 1 amide bonds. The number of rotatable bonds is 5. The summed E-state index contributed by atoms with van der Waals surface area (Å²) in [5.74, 6) is -0.471. The molecular formula is C15H15FN2O2S. The lowest BCUT2D eigenvalue weighted by atomic mass is 10.2. The smallest absolute Gasteiger partial charge is 0.225 e. The van der Waals surface area contributed by atoms with Gasteiger partial charge in [-0.1, -0.05) is 12.1 Å². The van der Waals surface area contributed by atoms with Crippen molar-refractivity contribution in [1.29, 1.82) is 0 Å². The zero-order valence-corrected chi connectivity index (χ0v) is 12.0. The van der Waals surface area contributed by atoms with E-state index in [1.807, 2.05) is 0 Å². The second-order valence-corrected chi connectivity index (χ2v) is 5.96. The number of halogens is 1. The number of carbonyl (C=O) groups excluding carboxylic acids is 1. The molecule has 0 aliphatic rings. The largest absolute Gasteiger partial charge is 0.397 e. The van der Waals surface area contributed by atoms with Crippen LogP contribution in [0.4, 0.5) is 15.8 Å². The zero-order valence-electron chi connectivity index (χ0n) is 11.2. The molecule has 1 atom stereocenters. The van der Waals surface area contributed by atoms with Crippen LogP contribution in [0.15, 0.2) is 53.4 Å². The first-order valence-electron chi connectivity index (χ1n) is 6.34. The molecule has 110 valence electrons. The lowest BCUT2D eigenvalue weighted by Gasteiger charge is -2.07. The number of amides is 1. The standard InChI is InChI=1S/C15H15FN2O2S/c16-11-5-7-12(8-6-11)21(20)10-9-15(19)18-14-4-2-1-3-13(14)17/h1-8H,9-10,17H2,(H,18,19). The molecule has 0 fully saturated rings. The highest BCUT2D eigenvalue weighted by molar-refractivity contribution is 7.85. The van der Waals surface area contributed by atoms with Gasteiger partial charge in [0.2, 0.25) is 5.91 Å². The molecule has 0 spiro atoms. The first-order valence-corrected chi connectivity index (χ1v) is 7.66. The second-order valence-electron chi connectivity index (χ2n) is 4.39. The Balaban J connectivity index is 1.88. The lowest BCUT2D eigenvalue weighted by Crippen LogP contribution is -2.15. The zero-order chi connectivity index (χ0) is 15.2. The van der Waals surface area contributed by atoms with E-state index in [0.717, 1.165) is 0 Å². The first-order chi connectivity index (χ1) is 10.1. The molecule has 0 heterocycles. The Morgan fingerprint density at radius 3 is 2.48 bits per heavy atom. The average Bonchev–Trinajstić information content (AvgIpc) is 2.48. The van der Waals surface area contributed by atoms with Crippen molar-refractivity contribution >= 4 is 28.1 Å². The molecule has 0 aliphatic carbocycles. The van der Waals surface area contributed by atoms with Crippen molar-refractivity contribution in [3.63, 3.8) is 0 Å². The maximum Gasteiger partial charge on any atom is 0.225 e. The van der Waals surface area contributed by atoms with Gasteiger partial charge >= 0.3 is 0 Å². The van der Waals surface area contributed by atoms with Crippen LogP contribution in [-0.4, -0.2) is 15.9 Å². The van der Waals surface area contributed by atoms with Crippen LogP contribution in [0.2, 0.25) is 0 Å². The first kappa shape index (κ1) is 15.2. The quantitative estimate of drug-likeness (QED) is 0.834. The summed E-state index contributed by atoms with van der Waals surface area (Å²) < 4.78 is 24.7. The summed E-state index contributed by atoms with van der Waals surface area (Å²) in [6, 6.07) is 12.3. The Hall–Kier alpha value is -2.21. The molecule has 1 unspecified atom stereocenters.